The van der Waals surface area contributed by atoms with Crippen LogP contribution in [0.5, 0.6) is 5.88 Å². The molecule has 2 heterocycles. The monoisotopic (exact) mass is 277 g/mol. The molecule has 0 unspecified atom stereocenters. The molecule has 0 aliphatic carbocycles. The van der Waals surface area contributed by atoms with Gasteiger partial charge in [0, 0.05) is 11.4 Å². The minimum Gasteiger partial charge on any atom is -0.473 e. The number of aromatic nitrogens is 1. The summed E-state index contributed by atoms with van der Waals surface area (Å²) >= 11 is 1.77. The SMILES string of the molecule is CC(C)Oc1nc(NCCc2cccs2)ccc1N. The molecule has 0 aliphatic rings. The van der Waals surface area contributed by atoms with E-state index in [1.54, 1.807) is 11.3 Å². The molecule has 2 rings (SSSR count). The molecule has 2 aromatic rings. The second-order valence-corrected chi connectivity index (χ2v) is 5.55. The number of hydrogen-bond acceptors (Lipinski definition) is 5. The number of rotatable bonds is 6. The third-order valence-electron chi connectivity index (χ3n) is 2.49. The Morgan fingerprint density at radius 2 is 2.21 bits per heavy atom. The predicted octanol–water partition coefficient (Wildman–Crippen LogP) is 3.17. The highest BCUT2D eigenvalue weighted by molar-refractivity contribution is 7.09. The summed E-state index contributed by atoms with van der Waals surface area (Å²) in [4.78, 5) is 5.74. The van der Waals surface area contributed by atoms with E-state index in [9.17, 15) is 0 Å². The summed E-state index contributed by atoms with van der Waals surface area (Å²) < 4.78 is 5.56. The van der Waals surface area contributed by atoms with Crippen LogP contribution < -0.4 is 15.8 Å². The van der Waals surface area contributed by atoms with Crippen molar-refractivity contribution in [2.24, 2.45) is 0 Å². The van der Waals surface area contributed by atoms with Crippen LogP contribution in [-0.2, 0) is 6.42 Å². The van der Waals surface area contributed by atoms with Crippen LogP contribution in [0.25, 0.3) is 0 Å². The van der Waals surface area contributed by atoms with E-state index in [0.717, 1.165) is 18.8 Å². The summed E-state index contributed by atoms with van der Waals surface area (Å²) in [7, 11) is 0. The van der Waals surface area contributed by atoms with Gasteiger partial charge in [0.2, 0.25) is 5.88 Å². The van der Waals surface area contributed by atoms with Crippen LogP contribution in [0, 0.1) is 0 Å². The molecule has 0 aliphatic heterocycles. The molecule has 2 aromatic heterocycles. The first-order chi connectivity index (χ1) is 9.15. The lowest BCUT2D eigenvalue weighted by Gasteiger charge is -2.12. The number of pyridine rings is 1. The lowest BCUT2D eigenvalue weighted by atomic mass is 10.3. The minimum absolute atomic E-state index is 0.0659. The van der Waals surface area contributed by atoms with E-state index in [1.165, 1.54) is 4.88 Å². The van der Waals surface area contributed by atoms with Gasteiger partial charge in [-0.2, -0.15) is 4.98 Å². The standard InChI is InChI=1S/C14H19N3OS/c1-10(2)18-14-12(15)5-6-13(17-14)16-8-7-11-4-3-9-19-11/h3-6,9-10H,7-8,15H2,1-2H3,(H,16,17). The first-order valence-electron chi connectivity index (χ1n) is 6.34. The summed E-state index contributed by atoms with van der Waals surface area (Å²) in [6.07, 6.45) is 1.06. The highest BCUT2D eigenvalue weighted by Crippen LogP contribution is 2.22. The zero-order chi connectivity index (χ0) is 13.7. The van der Waals surface area contributed by atoms with Gasteiger partial charge >= 0.3 is 0 Å². The fourth-order valence-electron chi connectivity index (χ4n) is 1.64. The molecular weight excluding hydrogens is 258 g/mol. The Bertz CT molecular complexity index is 511. The molecule has 0 amide bonds. The molecule has 0 aromatic carbocycles. The van der Waals surface area contributed by atoms with Crippen LogP contribution in [0.2, 0.25) is 0 Å². The lowest BCUT2D eigenvalue weighted by Crippen LogP contribution is -2.11. The smallest absolute Gasteiger partial charge is 0.239 e. The Kier molecular flexibility index (Phi) is 4.63. The molecule has 4 nitrogen and oxygen atoms in total. The second-order valence-electron chi connectivity index (χ2n) is 4.51. The van der Waals surface area contributed by atoms with Crippen molar-refractivity contribution in [2.75, 3.05) is 17.6 Å². The van der Waals surface area contributed by atoms with E-state index in [-0.39, 0.29) is 6.10 Å². The Balaban J connectivity index is 1.93. The second kappa shape index (κ2) is 6.43. The van der Waals surface area contributed by atoms with Crippen molar-refractivity contribution in [2.45, 2.75) is 26.4 Å². The highest BCUT2D eigenvalue weighted by Gasteiger charge is 2.06. The Labute approximate surface area is 117 Å². The van der Waals surface area contributed by atoms with Crippen molar-refractivity contribution in [3.05, 3.63) is 34.5 Å². The average molecular weight is 277 g/mol. The number of nitrogens with two attached hydrogens (primary N) is 1. The highest BCUT2D eigenvalue weighted by atomic mass is 32.1. The van der Waals surface area contributed by atoms with Crippen LogP contribution >= 0.6 is 11.3 Å². The molecule has 0 saturated carbocycles. The predicted molar refractivity (Wildman–Crippen MR) is 80.9 cm³/mol. The van der Waals surface area contributed by atoms with Crippen LogP contribution in [-0.4, -0.2) is 17.6 Å². The molecule has 0 atom stereocenters. The van der Waals surface area contributed by atoms with E-state index in [0.29, 0.717) is 11.6 Å². The van der Waals surface area contributed by atoms with Crippen molar-refractivity contribution in [1.29, 1.82) is 0 Å². The molecule has 19 heavy (non-hydrogen) atoms. The van der Waals surface area contributed by atoms with Gasteiger partial charge in [0.15, 0.2) is 0 Å². The van der Waals surface area contributed by atoms with E-state index >= 15 is 0 Å². The van der Waals surface area contributed by atoms with Gasteiger partial charge in [-0.3, -0.25) is 0 Å². The van der Waals surface area contributed by atoms with Crippen molar-refractivity contribution >= 4 is 22.8 Å². The average Bonchev–Trinajstić information content (AvgIpc) is 2.86. The zero-order valence-electron chi connectivity index (χ0n) is 11.2. The first-order valence-corrected chi connectivity index (χ1v) is 7.22. The molecule has 0 radical (unpaired) electrons. The molecule has 0 fully saturated rings. The minimum atomic E-state index is 0.0659. The van der Waals surface area contributed by atoms with Gasteiger partial charge in [-0.1, -0.05) is 6.07 Å². The Morgan fingerprint density at radius 1 is 1.37 bits per heavy atom. The quantitative estimate of drug-likeness (QED) is 0.851. The van der Waals surface area contributed by atoms with Crippen molar-refractivity contribution in [3.63, 3.8) is 0 Å². The number of ether oxygens (including phenoxy) is 1. The largest absolute Gasteiger partial charge is 0.473 e. The maximum absolute atomic E-state index is 5.83. The Hall–Kier alpha value is -1.75. The van der Waals surface area contributed by atoms with Crippen LogP contribution in [0.4, 0.5) is 11.5 Å². The molecule has 102 valence electrons. The van der Waals surface area contributed by atoms with Gasteiger partial charge in [-0.15, -0.1) is 11.3 Å². The summed E-state index contributed by atoms with van der Waals surface area (Å²) in [5, 5.41) is 5.37. The Morgan fingerprint density at radius 3 is 2.89 bits per heavy atom. The van der Waals surface area contributed by atoms with Gasteiger partial charge in [0.05, 0.1) is 11.8 Å². The van der Waals surface area contributed by atoms with E-state index < -0.39 is 0 Å². The molecule has 0 bridgehead atoms. The number of nitrogen functional groups attached to an aromatic ring is 1. The summed E-state index contributed by atoms with van der Waals surface area (Å²) in [5.74, 6) is 1.29. The third kappa shape index (κ3) is 4.13. The number of hydrogen-bond donors (Lipinski definition) is 2. The third-order valence-corrected chi connectivity index (χ3v) is 3.43. The number of thiophene rings is 1. The van der Waals surface area contributed by atoms with E-state index in [2.05, 4.69) is 27.8 Å². The fourth-order valence-corrected chi connectivity index (χ4v) is 2.34. The number of nitrogens with one attached hydrogen (secondary N) is 1. The van der Waals surface area contributed by atoms with Gasteiger partial charge in [-0.05, 0) is 43.8 Å². The summed E-state index contributed by atoms with van der Waals surface area (Å²) in [6, 6.07) is 7.89. The molecule has 0 spiro atoms. The van der Waals surface area contributed by atoms with Crippen LogP contribution in [0.15, 0.2) is 29.6 Å². The molecule has 0 saturated heterocycles. The summed E-state index contributed by atoms with van der Waals surface area (Å²) in [6.45, 7) is 4.76. The topological polar surface area (TPSA) is 60.2 Å². The van der Waals surface area contributed by atoms with E-state index in [4.69, 9.17) is 10.5 Å². The van der Waals surface area contributed by atoms with Crippen LogP contribution in [0.3, 0.4) is 0 Å². The lowest BCUT2D eigenvalue weighted by molar-refractivity contribution is 0.234. The maximum Gasteiger partial charge on any atom is 0.239 e. The molecule has 3 N–H and O–H groups in total. The van der Waals surface area contributed by atoms with Gasteiger partial charge in [0.25, 0.3) is 0 Å². The van der Waals surface area contributed by atoms with Crippen molar-refractivity contribution < 1.29 is 4.74 Å². The van der Waals surface area contributed by atoms with Gasteiger partial charge in [0.1, 0.15) is 5.82 Å². The fraction of sp³-hybridized carbons (Fsp3) is 0.357. The first kappa shape index (κ1) is 13.7. The summed E-state index contributed by atoms with van der Waals surface area (Å²) in [5.41, 5.74) is 6.40. The molecular formula is C14H19N3OS. The number of anilines is 2. The molecule has 5 heteroatoms. The van der Waals surface area contributed by atoms with E-state index in [1.807, 2.05) is 26.0 Å². The normalized spacial score (nSPS) is 10.7. The van der Waals surface area contributed by atoms with Crippen molar-refractivity contribution in [3.8, 4) is 5.88 Å². The maximum atomic E-state index is 5.83. The van der Waals surface area contributed by atoms with Crippen molar-refractivity contribution in [1.82, 2.24) is 4.98 Å². The zero-order valence-corrected chi connectivity index (χ0v) is 12.0. The van der Waals surface area contributed by atoms with Gasteiger partial charge in [-0.25, -0.2) is 0 Å². The van der Waals surface area contributed by atoms with Crippen LogP contribution in [0.1, 0.15) is 18.7 Å². The number of nitrogens with zero attached hydrogens (tertiary/aromatic N) is 1. The van der Waals surface area contributed by atoms with Gasteiger partial charge < -0.3 is 15.8 Å².